The molecule has 0 aliphatic rings. The Morgan fingerprint density at radius 3 is 1.17 bits per heavy atom. The third-order valence-electron chi connectivity index (χ3n) is 4.21. The molecule has 2 aromatic rings. The van der Waals surface area contributed by atoms with Crippen LogP contribution in [-0.2, 0) is 49.6 Å². The molecule has 0 atom stereocenters. The van der Waals surface area contributed by atoms with Gasteiger partial charge in [-0.2, -0.15) is 21.8 Å². The zero-order valence-corrected chi connectivity index (χ0v) is 28.0. The van der Waals surface area contributed by atoms with Gasteiger partial charge in [0.15, 0.2) is 17.5 Å². The van der Waals surface area contributed by atoms with Gasteiger partial charge in [0, 0.05) is 0 Å². The van der Waals surface area contributed by atoms with Crippen LogP contribution >= 0.6 is 0 Å². The maximum absolute atomic E-state index is 11.4. The van der Waals surface area contributed by atoms with Gasteiger partial charge in [-0.05, 0) is 36.5 Å². The molecule has 24 nitrogen and oxygen atoms in total. The predicted molar refractivity (Wildman–Crippen MR) is 185 cm³/mol. The minimum absolute atomic E-state index is 0.00413. The Kier molecular flexibility index (Phi) is 21.4. The summed E-state index contributed by atoms with van der Waals surface area (Å²) in [5, 5.41) is 14.3. The van der Waals surface area contributed by atoms with Crippen molar-refractivity contribution in [2.75, 3.05) is 31.9 Å². The van der Waals surface area contributed by atoms with Crippen LogP contribution in [0.25, 0.3) is 0 Å². The Labute approximate surface area is 294 Å². The predicted octanol–water partition coefficient (Wildman–Crippen LogP) is 0.395. The molecule has 0 unspecified atom stereocenters. The second kappa shape index (κ2) is 23.5. The smallest absolute Gasteiger partial charge is 0.318 e. The maximum atomic E-state index is 11.4. The fourth-order valence-corrected chi connectivity index (χ4v) is 2.34. The van der Waals surface area contributed by atoms with E-state index in [1.54, 1.807) is 0 Å². The Morgan fingerprint density at radius 2 is 0.808 bits per heavy atom. The highest BCUT2D eigenvalue weighted by Crippen LogP contribution is 2.26. The van der Waals surface area contributed by atoms with Gasteiger partial charge in [-0.3, -0.25) is 52.3 Å². The van der Waals surface area contributed by atoms with Crippen molar-refractivity contribution in [3.63, 3.8) is 0 Å². The van der Waals surface area contributed by atoms with Crippen molar-refractivity contribution in [3.05, 3.63) is 88.5 Å². The van der Waals surface area contributed by atoms with Crippen LogP contribution in [0.3, 0.4) is 0 Å². The number of amides is 6. The fourth-order valence-electron chi connectivity index (χ4n) is 2.34. The number of aromatic nitrogens is 4. The molecule has 0 bridgehead atoms. The van der Waals surface area contributed by atoms with Crippen molar-refractivity contribution in [1.82, 2.24) is 19.9 Å². The molecular weight excluding hydrogens is 740 g/mol. The first-order valence-corrected chi connectivity index (χ1v) is 15.5. The molecule has 0 spiro atoms. The summed E-state index contributed by atoms with van der Waals surface area (Å²) < 4.78 is 63.2. The normalized spacial score (nSPS) is 9.62. The van der Waals surface area contributed by atoms with Gasteiger partial charge >= 0.3 is 20.8 Å². The van der Waals surface area contributed by atoms with Crippen LogP contribution < -0.4 is 31.9 Å². The zero-order valence-electron chi connectivity index (χ0n) is 26.3. The molecule has 0 radical (unpaired) electrons. The molecule has 10 N–H and O–H groups in total. The minimum atomic E-state index is -4.67. The maximum Gasteiger partial charge on any atom is 0.394 e. The topological polar surface area (TPSA) is 375 Å². The second-order valence-electron chi connectivity index (χ2n) is 7.96. The molecule has 0 aromatic carbocycles. The summed E-state index contributed by atoms with van der Waals surface area (Å²) in [5.74, 6) is -3.24. The Morgan fingerprint density at radius 1 is 0.500 bits per heavy atom. The highest BCUT2D eigenvalue weighted by atomic mass is 32.3. The lowest BCUT2D eigenvalue weighted by molar-refractivity contribution is -0.113. The van der Waals surface area contributed by atoms with E-state index in [-0.39, 0.29) is 34.8 Å². The first kappa shape index (κ1) is 47.3. The molecule has 0 fully saturated rings. The Bertz CT molecular complexity index is 1840. The number of rotatable bonds is 12. The molecule has 2 rings (SSSR count). The summed E-state index contributed by atoms with van der Waals surface area (Å²) in [5.41, 5.74) is 0.166. The molecule has 280 valence electrons. The van der Waals surface area contributed by atoms with E-state index in [0.717, 1.165) is 42.8 Å². The summed E-state index contributed by atoms with van der Waals surface area (Å²) >= 11 is 0. The third-order valence-corrected chi connectivity index (χ3v) is 4.21. The van der Waals surface area contributed by atoms with E-state index >= 15 is 0 Å². The number of hydrogen-bond donors (Lipinski definition) is 10. The molecule has 6 amide bonds. The molecule has 52 heavy (non-hydrogen) atoms. The Balaban J connectivity index is 0. The molecule has 0 saturated carbocycles. The second-order valence-corrected chi connectivity index (χ2v) is 9.75. The van der Waals surface area contributed by atoms with Gasteiger partial charge in [-0.1, -0.05) is 39.5 Å². The van der Waals surface area contributed by atoms with Crippen LogP contribution in [0.2, 0.25) is 0 Å². The molecular formula is C26H30N10O14S2. The van der Waals surface area contributed by atoms with Crippen LogP contribution in [0.1, 0.15) is 0 Å². The number of anilines is 6. The largest absolute Gasteiger partial charge is 0.394 e. The fraction of sp³-hybridized carbons (Fsp3) is 0. The first-order valence-electron chi connectivity index (χ1n) is 12.7. The summed E-state index contributed by atoms with van der Waals surface area (Å²) in [6.07, 6.45) is 8.54. The molecule has 26 heteroatoms. The van der Waals surface area contributed by atoms with Crippen LogP contribution in [-0.4, -0.2) is 90.4 Å². The summed E-state index contributed by atoms with van der Waals surface area (Å²) in [7, 11) is -9.33. The van der Waals surface area contributed by atoms with E-state index in [9.17, 15) is 28.8 Å². The third kappa shape index (κ3) is 24.3. The number of nitrogens with zero attached hydrogens (tertiary/aromatic N) is 4. The van der Waals surface area contributed by atoms with E-state index in [0.29, 0.717) is 0 Å². The summed E-state index contributed by atoms with van der Waals surface area (Å²) in [4.78, 5) is 83.4. The van der Waals surface area contributed by atoms with Crippen LogP contribution in [0.15, 0.2) is 88.5 Å². The van der Waals surface area contributed by atoms with Crippen molar-refractivity contribution in [2.45, 2.75) is 0 Å². The number of carbonyl (C=O) groups is 6. The number of hydrogen-bond acceptors (Lipinski definition) is 14. The summed E-state index contributed by atoms with van der Waals surface area (Å²) in [6, 6.07) is 0. The van der Waals surface area contributed by atoms with Crippen LogP contribution in [0, 0.1) is 0 Å². The van der Waals surface area contributed by atoms with Gasteiger partial charge in [-0.25, -0.2) is 15.0 Å². The van der Waals surface area contributed by atoms with Gasteiger partial charge in [0.2, 0.25) is 41.4 Å². The standard InChI is InChI=1S/2C13H13N5O3.2H2O4S/c1-4-9(19)15-8-7-14-13(17-11(21)6-3)18-12(8)16-10(20)5-2;1-4-8(19)16-11-12(17-9(20)5-2)14-7-15-13(11)18-10(21)6-3;2*1-5(2,3)4/h4-7H,1-3H2,(H,15,19)(H2,14,16,17,18,20,21);4-7H,1-3H2,(H,16,19)(H2,14,15,17,18,20,21);2*(H2,1,2,3,4). The SMILES string of the molecule is C=CC(=O)Nc1ncc(NC(=O)C=C)c(NC(=O)C=C)n1.C=CC(=O)Nc1ncnc(NC(=O)C=C)c1NC(=O)C=C.O=S(=O)(O)O.O=S(=O)(O)O. The lowest BCUT2D eigenvalue weighted by atomic mass is 10.3. The van der Waals surface area contributed by atoms with E-state index in [2.05, 4.69) is 91.3 Å². The number of nitrogens with one attached hydrogen (secondary N) is 6. The van der Waals surface area contributed by atoms with E-state index < -0.39 is 56.2 Å². The van der Waals surface area contributed by atoms with Crippen LogP contribution in [0.4, 0.5) is 34.8 Å². The highest BCUT2D eigenvalue weighted by Gasteiger charge is 2.16. The Hall–Kier alpha value is -6.84. The number of carbonyl (C=O) groups excluding carboxylic acids is 6. The average Bonchev–Trinajstić information content (AvgIpc) is 3.05. The van der Waals surface area contributed by atoms with Gasteiger partial charge < -0.3 is 26.6 Å². The van der Waals surface area contributed by atoms with Crippen molar-refractivity contribution in [1.29, 1.82) is 0 Å². The van der Waals surface area contributed by atoms with E-state index in [1.165, 1.54) is 6.20 Å². The monoisotopic (exact) mass is 770 g/mol. The molecule has 2 heterocycles. The van der Waals surface area contributed by atoms with Crippen molar-refractivity contribution >= 4 is 91.0 Å². The van der Waals surface area contributed by atoms with Gasteiger partial charge in [0.05, 0.1) is 6.20 Å². The van der Waals surface area contributed by atoms with Crippen LogP contribution in [0.5, 0.6) is 0 Å². The summed E-state index contributed by atoms with van der Waals surface area (Å²) in [6.45, 7) is 19.8. The average molecular weight is 771 g/mol. The highest BCUT2D eigenvalue weighted by molar-refractivity contribution is 7.80. The molecule has 0 saturated heterocycles. The van der Waals surface area contributed by atoms with Gasteiger partial charge in [-0.15, -0.1) is 0 Å². The van der Waals surface area contributed by atoms with Crippen molar-refractivity contribution < 1.29 is 63.8 Å². The van der Waals surface area contributed by atoms with Crippen molar-refractivity contribution in [3.8, 4) is 0 Å². The lowest BCUT2D eigenvalue weighted by Gasteiger charge is -2.13. The lowest BCUT2D eigenvalue weighted by Crippen LogP contribution is -2.18. The minimum Gasteiger partial charge on any atom is -0.318 e. The van der Waals surface area contributed by atoms with Gasteiger partial charge in [0.25, 0.3) is 0 Å². The molecule has 0 aliphatic heterocycles. The molecule has 0 aliphatic carbocycles. The van der Waals surface area contributed by atoms with E-state index in [4.69, 9.17) is 35.0 Å². The van der Waals surface area contributed by atoms with E-state index in [1.807, 2.05) is 0 Å². The first-order chi connectivity index (χ1) is 24.0. The van der Waals surface area contributed by atoms with Gasteiger partial charge in [0.1, 0.15) is 17.7 Å². The quantitative estimate of drug-likeness (QED) is 0.103. The molecule has 2 aromatic heterocycles. The van der Waals surface area contributed by atoms with Crippen molar-refractivity contribution in [2.24, 2.45) is 0 Å². The zero-order chi connectivity index (χ0) is 40.7.